The van der Waals surface area contributed by atoms with Crippen molar-refractivity contribution >= 4 is 29.2 Å². The van der Waals surface area contributed by atoms with Crippen LogP contribution in [-0.4, -0.2) is 35.8 Å². The van der Waals surface area contributed by atoms with Gasteiger partial charge in [-0.05, 0) is 43.7 Å². The molecular formula is C18H18FN3O2. The van der Waals surface area contributed by atoms with Crippen LogP contribution in [0.2, 0.25) is 0 Å². The maximum Gasteiger partial charge on any atom is 0.256 e. The molecule has 0 radical (unpaired) electrons. The summed E-state index contributed by atoms with van der Waals surface area (Å²) in [6.45, 7) is 3.64. The Kier molecular flexibility index (Phi) is 3.75. The zero-order valence-electron chi connectivity index (χ0n) is 14.0. The maximum atomic E-state index is 13.5. The summed E-state index contributed by atoms with van der Waals surface area (Å²) in [6.07, 6.45) is 1.66. The third kappa shape index (κ3) is 2.50. The Morgan fingerprint density at radius 3 is 2.62 bits per heavy atom. The molecule has 0 saturated carbocycles. The lowest BCUT2D eigenvalue weighted by Crippen LogP contribution is -2.22. The highest BCUT2D eigenvalue weighted by molar-refractivity contribution is 6.34. The molecule has 1 aromatic heterocycles. The minimum Gasteiger partial charge on any atom is -0.358 e. The number of benzene rings is 1. The van der Waals surface area contributed by atoms with Gasteiger partial charge in [0.1, 0.15) is 5.82 Å². The van der Waals surface area contributed by atoms with Crippen molar-refractivity contribution in [3.05, 3.63) is 52.1 Å². The van der Waals surface area contributed by atoms with Gasteiger partial charge in [0.05, 0.1) is 11.1 Å². The van der Waals surface area contributed by atoms with E-state index < -0.39 is 5.82 Å². The number of nitrogens with zero attached hydrogens (tertiary/aromatic N) is 1. The zero-order chi connectivity index (χ0) is 17.6. The molecule has 2 aromatic rings. The van der Waals surface area contributed by atoms with E-state index in [-0.39, 0.29) is 11.8 Å². The molecule has 6 heteroatoms. The van der Waals surface area contributed by atoms with Gasteiger partial charge in [0, 0.05) is 36.7 Å². The van der Waals surface area contributed by atoms with Gasteiger partial charge in [-0.15, -0.1) is 0 Å². The molecule has 0 saturated heterocycles. The average molecular weight is 327 g/mol. The Morgan fingerprint density at radius 1 is 1.25 bits per heavy atom. The largest absolute Gasteiger partial charge is 0.358 e. The van der Waals surface area contributed by atoms with Crippen LogP contribution in [0.4, 0.5) is 10.1 Å². The number of carbonyl (C=O) groups excluding carboxylic acids is 2. The highest BCUT2D eigenvalue weighted by atomic mass is 19.1. The Bertz CT molecular complexity index is 894. The van der Waals surface area contributed by atoms with E-state index >= 15 is 0 Å². The summed E-state index contributed by atoms with van der Waals surface area (Å²) < 4.78 is 13.5. The Labute approximate surface area is 139 Å². The summed E-state index contributed by atoms with van der Waals surface area (Å²) in [7, 11) is 3.38. The number of aryl methyl sites for hydroxylation is 1. The maximum absolute atomic E-state index is 13.5. The predicted octanol–water partition coefficient (Wildman–Crippen LogP) is 2.97. The predicted molar refractivity (Wildman–Crippen MR) is 91.2 cm³/mol. The fraction of sp³-hybridized carbons (Fsp3) is 0.222. The molecule has 1 aliphatic rings. The SMILES string of the molecule is Cc1[nH]c(/C=C2\C(=O)Nc3ccc(F)cc32)c(C)c1C(=O)N(C)C. The molecule has 3 rings (SSSR count). The van der Waals surface area contributed by atoms with Gasteiger partial charge in [-0.3, -0.25) is 9.59 Å². The van der Waals surface area contributed by atoms with Crippen molar-refractivity contribution in [2.75, 3.05) is 19.4 Å². The molecule has 1 aliphatic heterocycles. The van der Waals surface area contributed by atoms with E-state index in [0.717, 1.165) is 11.3 Å². The molecule has 0 fully saturated rings. The van der Waals surface area contributed by atoms with Gasteiger partial charge in [0.2, 0.25) is 0 Å². The number of nitrogens with one attached hydrogen (secondary N) is 2. The molecule has 0 bridgehead atoms. The van der Waals surface area contributed by atoms with Crippen molar-refractivity contribution in [3.63, 3.8) is 0 Å². The number of hydrogen-bond acceptors (Lipinski definition) is 2. The van der Waals surface area contributed by atoms with Gasteiger partial charge in [-0.25, -0.2) is 4.39 Å². The summed E-state index contributed by atoms with van der Waals surface area (Å²) in [5.74, 6) is -0.796. The molecule has 24 heavy (non-hydrogen) atoms. The lowest BCUT2D eigenvalue weighted by Gasteiger charge is -2.10. The van der Waals surface area contributed by atoms with Crippen LogP contribution in [0.5, 0.6) is 0 Å². The van der Waals surface area contributed by atoms with E-state index in [1.54, 1.807) is 20.2 Å². The molecule has 0 aliphatic carbocycles. The summed E-state index contributed by atoms with van der Waals surface area (Å²) in [4.78, 5) is 29.2. The summed E-state index contributed by atoms with van der Waals surface area (Å²) >= 11 is 0. The van der Waals surface area contributed by atoms with Crippen LogP contribution >= 0.6 is 0 Å². The molecule has 2 amide bonds. The van der Waals surface area contributed by atoms with Gasteiger partial charge in [0.25, 0.3) is 11.8 Å². The van der Waals surface area contributed by atoms with Gasteiger partial charge < -0.3 is 15.2 Å². The van der Waals surface area contributed by atoms with E-state index in [1.807, 2.05) is 13.8 Å². The van der Waals surface area contributed by atoms with Crippen molar-refractivity contribution < 1.29 is 14.0 Å². The molecule has 0 spiro atoms. The molecule has 2 heterocycles. The first-order chi connectivity index (χ1) is 11.3. The molecule has 2 N–H and O–H groups in total. The van der Waals surface area contributed by atoms with E-state index in [2.05, 4.69) is 10.3 Å². The number of carbonyl (C=O) groups is 2. The molecule has 0 unspecified atom stereocenters. The number of fused-ring (bicyclic) bond motifs is 1. The minimum absolute atomic E-state index is 0.104. The fourth-order valence-corrected chi connectivity index (χ4v) is 2.91. The number of amides is 2. The molecular weight excluding hydrogens is 309 g/mol. The Hall–Kier alpha value is -2.89. The van der Waals surface area contributed by atoms with Crippen LogP contribution in [0.25, 0.3) is 11.6 Å². The van der Waals surface area contributed by atoms with E-state index in [0.29, 0.717) is 28.1 Å². The van der Waals surface area contributed by atoms with Crippen LogP contribution in [0.15, 0.2) is 18.2 Å². The van der Waals surface area contributed by atoms with Crippen LogP contribution in [0.3, 0.4) is 0 Å². The van der Waals surface area contributed by atoms with E-state index in [9.17, 15) is 14.0 Å². The topological polar surface area (TPSA) is 65.2 Å². The number of hydrogen-bond donors (Lipinski definition) is 2. The lowest BCUT2D eigenvalue weighted by molar-refractivity contribution is -0.110. The summed E-state index contributed by atoms with van der Waals surface area (Å²) in [5.41, 5.74) is 4.22. The third-order valence-corrected chi connectivity index (χ3v) is 4.15. The lowest BCUT2D eigenvalue weighted by atomic mass is 10.0. The number of aromatic amines is 1. The average Bonchev–Trinajstić information content (AvgIpc) is 2.96. The number of H-pyrrole nitrogens is 1. The first-order valence-electron chi connectivity index (χ1n) is 7.53. The quantitative estimate of drug-likeness (QED) is 0.833. The second-order valence-electron chi connectivity index (χ2n) is 6.07. The molecule has 1 aromatic carbocycles. The Balaban J connectivity index is 2.11. The minimum atomic E-state index is -0.404. The van der Waals surface area contributed by atoms with E-state index in [4.69, 9.17) is 0 Å². The number of halogens is 1. The molecule has 0 atom stereocenters. The standard InChI is InChI=1S/C18H18FN3O2/c1-9-15(20-10(2)16(9)18(24)22(3)4)8-13-12-7-11(19)5-6-14(12)21-17(13)23/h5-8,20H,1-4H3,(H,21,23)/b13-8-. The number of anilines is 1. The Morgan fingerprint density at radius 2 is 1.96 bits per heavy atom. The fourth-order valence-electron chi connectivity index (χ4n) is 2.91. The number of aromatic nitrogens is 1. The first kappa shape index (κ1) is 16.0. The number of rotatable bonds is 2. The smallest absolute Gasteiger partial charge is 0.256 e. The highest BCUT2D eigenvalue weighted by Gasteiger charge is 2.26. The van der Waals surface area contributed by atoms with E-state index in [1.165, 1.54) is 23.1 Å². The van der Waals surface area contributed by atoms with Crippen LogP contribution in [0, 0.1) is 19.7 Å². The second kappa shape index (κ2) is 5.63. The van der Waals surface area contributed by atoms with Gasteiger partial charge in [-0.2, -0.15) is 0 Å². The molecule has 5 nitrogen and oxygen atoms in total. The summed E-state index contributed by atoms with van der Waals surface area (Å²) in [6, 6.07) is 4.17. The van der Waals surface area contributed by atoms with Crippen molar-refractivity contribution in [3.8, 4) is 0 Å². The van der Waals surface area contributed by atoms with Crippen LogP contribution in [-0.2, 0) is 4.79 Å². The van der Waals surface area contributed by atoms with Crippen molar-refractivity contribution in [1.82, 2.24) is 9.88 Å². The molecule has 124 valence electrons. The van der Waals surface area contributed by atoms with Gasteiger partial charge in [-0.1, -0.05) is 0 Å². The van der Waals surface area contributed by atoms with Crippen LogP contribution < -0.4 is 5.32 Å². The van der Waals surface area contributed by atoms with Crippen molar-refractivity contribution in [2.45, 2.75) is 13.8 Å². The van der Waals surface area contributed by atoms with Crippen molar-refractivity contribution in [2.24, 2.45) is 0 Å². The third-order valence-electron chi connectivity index (χ3n) is 4.15. The van der Waals surface area contributed by atoms with Gasteiger partial charge in [0.15, 0.2) is 0 Å². The van der Waals surface area contributed by atoms with Crippen molar-refractivity contribution in [1.29, 1.82) is 0 Å². The normalized spacial score (nSPS) is 14.7. The van der Waals surface area contributed by atoms with Gasteiger partial charge >= 0.3 is 0 Å². The highest BCUT2D eigenvalue weighted by Crippen LogP contribution is 2.34. The monoisotopic (exact) mass is 327 g/mol. The van der Waals surface area contributed by atoms with Crippen LogP contribution in [0.1, 0.15) is 32.9 Å². The summed E-state index contributed by atoms with van der Waals surface area (Å²) in [5, 5.41) is 2.71. The zero-order valence-corrected chi connectivity index (χ0v) is 14.0. The first-order valence-corrected chi connectivity index (χ1v) is 7.53. The second-order valence-corrected chi connectivity index (χ2v) is 6.07.